The van der Waals surface area contributed by atoms with E-state index in [1.165, 1.54) is 6.07 Å². The summed E-state index contributed by atoms with van der Waals surface area (Å²) in [4.78, 5) is 0. The quantitative estimate of drug-likeness (QED) is 0.513. The number of nitriles is 2. The first-order valence-corrected chi connectivity index (χ1v) is 7.37. The molecule has 1 heterocycles. The van der Waals surface area contributed by atoms with E-state index in [1.807, 2.05) is 65.2 Å². The minimum absolute atomic E-state index is 0.116. The molecule has 4 heteroatoms. The standard InChI is InChI=1S/C20H10FN3/c21-19-13(11-22)10-14(12-23)20-18(19)16-8-4-5-9-17(16)24(20)15-6-2-1-3-7-15/h1-10H. The molecule has 0 aliphatic rings. The molecule has 112 valence electrons. The highest BCUT2D eigenvalue weighted by atomic mass is 19.1. The normalized spacial score (nSPS) is 10.6. The summed E-state index contributed by atoms with van der Waals surface area (Å²) in [5.41, 5.74) is 2.29. The summed E-state index contributed by atoms with van der Waals surface area (Å²) >= 11 is 0. The summed E-state index contributed by atoms with van der Waals surface area (Å²) in [5, 5.41) is 19.7. The third-order valence-electron chi connectivity index (χ3n) is 4.13. The van der Waals surface area contributed by atoms with Crippen LogP contribution in [0.3, 0.4) is 0 Å². The number of fused-ring (bicyclic) bond motifs is 3. The third-order valence-corrected chi connectivity index (χ3v) is 4.13. The molecule has 4 aromatic rings. The van der Waals surface area contributed by atoms with Crippen molar-refractivity contribution in [2.75, 3.05) is 0 Å². The van der Waals surface area contributed by atoms with Crippen LogP contribution in [0.5, 0.6) is 0 Å². The van der Waals surface area contributed by atoms with Crippen LogP contribution in [0.25, 0.3) is 27.5 Å². The molecule has 1 aromatic heterocycles. The highest BCUT2D eigenvalue weighted by molar-refractivity contribution is 6.11. The number of halogens is 1. The Labute approximate surface area is 137 Å². The molecule has 0 spiro atoms. The van der Waals surface area contributed by atoms with Crippen molar-refractivity contribution in [3.05, 3.63) is 77.6 Å². The Bertz CT molecular complexity index is 1180. The lowest BCUT2D eigenvalue weighted by Gasteiger charge is -2.08. The van der Waals surface area contributed by atoms with Gasteiger partial charge >= 0.3 is 0 Å². The fourth-order valence-corrected chi connectivity index (χ4v) is 3.14. The zero-order chi connectivity index (χ0) is 16.7. The van der Waals surface area contributed by atoms with Crippen LogP contribution < -0.4 is 0 Å². The molecular weight excluding hydrogens is 301 g/mol. The molecular formula is C20H10FN3. The maximum atomic E-state index is 14.9. The number of hydrogen-bond donors (Lipinski definition) is 0. The van der Waals surface area contributed by atoms with Crippen molar-refractivity contribution in [3.8, 4) is 17.8 Å². The highest BCUT2D eigenvalue weighted by Gasteiger charge is 2.21. The average Bonchev–Trinajstić information content (AvgIpc) is 2.98. The summed E-state index contributed by atoms with van der Waals surface area (Å²) in [7, 11) is 0. The van der Waals surface area contributed by atoms with Gasteiger partial charge in [0.2, 0.25) is 0 Å². The van der Waals surface area contributed by atoms with E-state index in [0.29, 0.717) is 16.3 Å². The van der Waals surface area contributed by atoms with Crippen LogP contribution in [-0.2, 0) is 0 Å². The van der Waals surface area contributed by atoms with Crippen molar-refractivity contribution < 1.29 is 4.39 Å². The minimum Gasteiger partial charge on any atom is -0.308 e. The molecule has 0 atom stereocenters. The largest absolute Gasteiger partial charge is 0.308 e. The lowest BCUT2D eigenvalue weighted by molar-refractivity contribution is 0.636. The maximum Gasteiger partial charge on any atom is 0.151 e. The van der Waals surface area contributed by atoms with Gasteiger partial charge in [-0.25, -0.2) is 4.39 Å². The molecule has 0 saturated heterocycles. The first-order valence-electron chi connectivity index (χ1n) is 7.37. The van der Waals surface area contributed by atoms with E-state index in [1.54, 1.807) is 0 Å². The molecule has 4 rings (SSSR count). The summed E-state index contributed by atoms with van der Waals surface area (Å²) in [6.45, 7) is 0. The van der Waals surface area contributed by atoms with E-state index < -0.39 is 5.82 Å². The smallest absolute Gasteiger partial charge is 0.151 e. The third kappa shape index (κ3) is 1.81. The number of rotatable bonds is 1. The molecule has 0 unspecified atom stereocenters. The van der Waals surface area contributed by atoms with Crippen molar-refractivity contribution in [3.63, 3.8) is 0 Å². The lowest BCUT2D eigenvalue weighted by Crippen LogP contribution is -1.97. The molecule has 0 amide bonds. The van der Waals surface area contributed by atoms with E-state index in [9.17, 15) is 14.9 Å². The van der Waals surface area contributed by atoms with Crippen molar-refractivity contribution in [2.24, 2.45) is 0 Å². The number of para-hydroxylation sites is 2. The number of aromatic nitrogens is 1. The maximum absolute atomic E-state index is 14.9. The second-order valence-electron chi connectivity index (χ2n) is 5.42. The van der Waals surface area contributed by atoms with Gasteiger partial charge in [0, 0.05) is 16.5 Å². The van der Waals surface area contributed by atoms with Gasteiger partial charge in [-0.2, -0.15) is 10.5 Å². The summed E-state index contributed by atoms with van der Waals surface area (Å²) in [5.74, 6) is -0.586. The molecule has 0 N–H and O–H groups in total. The topological polar surface area (TPSA) is 52.5 Å². The molecule has 0 radical (unpaired) electrons. The molecule has 0 aliphatic carbocycles. The SMILES string of the molecule is N#Cc1cc(C#N)c2c(c1F)c1ccccc1n2-c1ccccc1. The Morgan fingerprint density at radius 1 is 0.833 bits per heavy atom. The van der Waals surface area contributed by atoms with E-state index in [4.69, 9.17) is 0 Å². The van der Waals surface area contributed by atoms with Crippen LogP contribution in [-0.4, -0.2) is 4.57 Å². The predicted molar refractivity (Wildman–Crippen MR) is 90.2 cm³/mol. The van der Waals surface area contributed by atoms with E-state index >= 15 is 0 Å². The summed E-state index contributed by atoms with van der Waals surface area (Å²) < 4.78 is 16.8. The molecule has 24 heavy (non-hydrogen) atoms. The van der Waals surface area contributed by atoms with E-state index in [2.05, 4.69) is 6.07 Å². The highest BCUT2D eigenvalue weighted by Crippen LogP contribution is 2.36. The molecule has 3 nitrogen and oxygen atoms in total. The molecule has 0 bridgehead atoms. The van der Waals surface area contributed by atoms with Crippen LogP contribution >= 0.6 is 0 Å². The Morgan fingerprint density at radius 2 is 1.50 bits per heavy atom. The molecule has 3 aromatic carbocycles. The van der Waals surface area contributed by atoms with Crippen molar-refractivity contribution in [1.29, 1.82) is 10.5 Å². The Morgan fingerprint density at radius 3 is 2.21 bits per heavy atom. The van der Waals surface area contributed by atoms with Gasteiger partial charge in [0.1, 0.15) is 12.1 Å². The second-order valence-corrected chi connectivity index (χ2v) is 5.42. The van der Waals surface area contributed by atoms with E-state index in [-0.39, 0.29) is 11.1 Å². The summed E-state index contributed by atoms with van der Waals surface area (Å²) in [6, 6.07) is 22.1. The fourth-order valence-electron chi connectivity index (χ4n) is 3.14. The lowest BCUT2D eigenvalue weighted by atomic mass is 10.0. The van der Waals surface area contributed by atoms with Gasteiger partial charge in [-0.3, -0.25) is 0 Å². The van der Waals surface area contributed by atoms with Crippen molar-refractivity contribution in [2.45, 2.75) is 0 Å². The van der Waals surface area contributed by atoms with Crippen molar-refractivity contribution in [1.82, 2.24) is 4.57 Å². The Kier molecular flexibility index (Phi) is 3.05. The first kappa shape index (κ1) is 14.0. The second kappa shape index (κ2) is 5.22. The summed E-state index contributed by atoms with van der Waals surface area (Å²) in [6.07, 6.45) is 0. The molecule has 0 aliphatic heterocycles. The number of benzene rings is 3. The van der Waals surface area contributed by atoms with Gasteiger partial charge in [-0.15, -0.1) is 0 Å². The van der Waals surface area contributed by atoms with Gasteiger partial charge in [0.05, 0.1) is 22.2 Å². The van der Waals surface area contributed by atoms with Gasteiger partial charge in [0.25, 0.3) is 0 Å². The fraction of sp³-hybridized carbons (Fsp3) is 0. The van der Waals surface area contributed by atoms with Gasteiger partial charge in [-0.1, -0.05) is 36.4 Å². The zero-order valence-electron chi connectivity index (χ0n) is 12.5. The average molecular weight is 311 g/mol. The molecule has 0 fully saturated rings. The number of nitrogens with zero attached hydrogens (tertiary/aromatic N) is 3. The zero-order valence-corrected chi connectivity index (χ0v) is 12.5. The van der Waals surface area contributed by atoms with Crippen LogP contribution in [0.2, 0.25) is 0 Å². The van der Waals surface area contributed by atoms with Crippen LogP contribution in [0.4, 0.5) is 4.39 Å². The van der Waals surface area contributed by atoms with Gasteiger partial charge in [0.15, 0.2) is 5.82 Å². The molecule has 0 saturated carbocycles. The van der Waals surface area contributed by atoms with Gasteiger partial charge in [-0.05, 0) is 24.3 Å². The monoisotopic (exact) mass is 311 g/mol. The van der Waals surface area contributed by atoms with Crippen LogP contribution in [0, 0.1) is 28.5 Å². The van der Waals surface area contributed by atoms with E-state index in [0.717, 1.165) is 11.2 Å². The predicted octanol–water partition coefficient (Wildman–Crippen LogP) is 4.67. The first-order chi connectivity index (χ1) is 11.8. The van der Waals surface area contributed by atoms with Crippen LogP contribution in [0.1, 0.15) is 11.1 Å². The minimum atomic E-state index is -0.586. The Balaban J connectivity index is 2.34. The Hall–Kier alpha value is -3.63. The van der Waals surface area contributed by atoms with Gasteiger partial charge < -0.3 is 4.57 Å². The number of hydrogen-bond acceptors (Lipinski definition) is 2. The van der Waals surface area contributed by atoms with Crippen LogP contribution in [0.15, 0.2) is 60.7 Å². The van der Waals surface area contributed by atoms with Crippen molar-refractivity contribution >= 4 is 21.8 Å².